The number of carbonyl (C=O) groups excluding carboxylic acids is 1. The number of fused-ring (bicyclic) bond motifs is 1. The normalized spacial score (nSPS) is 11.0. The number of halogens is 2. The lowest BCUT2D eigenvalue weighted by molar-refractivity contribution is -0.114. The molecular formula is C30H28F2N7O3. The van der Waals surface area contributed by atoms with Gasteiger partial charge in [0.2, 0.25) is 5.91 Å². The van der Waals surface area contributed by atoms with Crippen molar-refractivity contribution in [3.05, 3.63) is 85.0 Å². The van der Waals surface area contributed by atoms with E-state index in [1.165, 1.54) is 17.8 Å². The predicted octanol–water partition coefficient (Wildman–Crippen LogP) is 5.92. The number of pyridine rings is 1. The van der Waals surface area contributed by atoms with Crippen molar-refractivity contribution in [2.75, 3.05) is 23.8 Å². The van der Waals surface area contributed by atoms with Gasteiger partial charge in [-0.15, -0.1) is 0 Å². The van der Waals surface area contributed by atoms with Gasteiger partial charge in [-0.2, -0.15) is 5.10 Å². The molecule has 2 aromatic carbocycles. The van der Waals surface area contributed by atoms with Crippen molar-refractivity contribution in [3.63, 3.8) is 0 Å². The highest BCUT2D eigenvalue weighted by Crippen LogP contribution is 2.32. The molecule has 0 spiro atoms. The van der Waals surface area contributed by atoms with Crippen LogP contribution < -0.4 is 20.1 Å². The summed E-state index contributed by atoms with van der Waals surface area (Å²) in [5.74, 6) is -0.251. The number of benzene rings is 2. The molecular weight excluding hydrogens is 544 g/mol. The Bertz CT molecular complexity index is 1720. The Labute approximate surface area is 240 Å². The fourth-order valence-corrected chi connectivity index (χ4v) is 4.30. The van der Waals surface area contributed by atoms with Gasteiger partial charge in [0.1, 0.15) is 28.9 Å². The molecule has 10 nitrogen and oxygen atoms in total. The Morgan fingerprint density at radius 3 is 2.60 bits per heavy atom. The Kier molecular flexibility index (Phi) is 8.51. The highest BCUT2D eigenvalue weighted by Gasteiger charge is 2.20. The minimum absolute atomic E-state index is 0.121. The molecule has 0 unspecified atom stereocenters. The minimum Gasteiger partial charge on any atom is -0.494 e. The summed E-state index contributed by atoms with van der Waals surface area (Å²) in [6.45, 7) is 7.40. The van der Waals surface area contributed by atoms with E-state index in [9.17, 15) is 13.6 Å². The van der Waals surface area contributed by atoms with Gasteiger partial charge in [0.25, 0.3) is 0 Å². The first-order valence-corrected chi connectivity index (χ1v) is 13.2. The van der Waals surface area contributed by atoms with Crippen LogP contribution in [-0.4, -0.2) is 43.9 Å². The topological polar surface area (TPSA) is 116 Å². The second-order valence-electron chi connectivity index (χ2n) is 9.17. The lowest BCUT2D eigenvalue weighted by Gasteiger charge is -2.13. The summed E-state index contributed by atoms with van der Waals surface area (Å²) >= 11 is 0. The van der Waals surface area contributed by atoms with E-state index in [0.29, 0.717) is 59.3 Å². The lowest BCUT2D eigenvalue weighted by Crippen LogP contribution is -2.08. The zero-order valence-corrected chi connectivity index (χ0v) is 23.0. The van der Waals surface area contributed by atoms with Crippen molar-refractivity contribution in [3.8, 4) is 23.0 Å². The molecule has 5 rings (SSSR count). The van der Waals surface area contributed by atoms with E-state index in [1.54, 1.807) is 25.3 Å². The van der Waals surface area contributed by atoms with E-state index in [4.69, 9.17) is 14.5 Å². The summed E-state index contributed by atoms with van der Waals surface area (Å²) in [5, 5.41) is 11.2. The van der Waals surface area contributed by atoms with Gasteiger partial charge in [-0.05, 0) is 32.4 Å². The quantitative estimate of drug-likeness (QED) is 0.200. The molecule has 2 N–H and O–H groups in total. The number of hydrogen-bond acceptors (Lipinski definition) is 8. The lowest BCUT2D eigenvalue weighted by atomic mass is 10.1. The zero-order valence-electron chi connectivity index (χ0n) is 23.0. The number of nitrogens with one attached hydrogen (secondary N) is 2. The average molecular weight is 573 g/mol. The molecule has 12 heteroatoms. The van der Waals surface area contributed by atoms with Gasteiger partial charge < -0.3 is 20.1 Å². The molecule has 42 heavy (non-hydrogen) atoms. The fraction of sp³-hybridized carbons (Fsp3) is 0.200. The molecule has 5 aromatic rings. The van der Waals surface area contributed by atoms with Crippen LogP contribution in [-0.2, 0) is 11.3 Å². The van der Waals surface area contributed by atoms with Crippen LogP contribution in [0.4, 0.5) is 26.1 Å². The van der Waals surface area contributed by atoms with Crippen LogP contribution in [0.5, 0.6) is 11.5 Å². The first kappa shape index (κ1) is 28.4. The van der Waals surface area contributed by atoms with Crippen molar-refractivity contribution in [1.82, 2.24) is 24.7 Å². The third-order valence-electron chi connectivity index (χ3n) is 6.09. The maximum Gasteiger partial charge on any atom is 0.222 e. The molecule has 3 aromatic heterocycles. The number of anilines is 3. The van der Waals surface area contributed by atoms with Crippen LogP contribution in [0.3, 0.4) is 0 Å². The Morgan fingerprint density at radius 2 is 1.86 bits per heavy atom. The van der Waals surface area contributed by atoms with Crippen molar-refractivity contribution in [2.45, 2.75) is 26.8 Å². The molecule has 0 saturated heterocycles. The Hall–Kier alpha value is -5.13. The highest BCUT2D eigenvalue weighted by atomic mass is 19.1. The van der Waals surface area contributed by atoms with Crippen molar-refractivity contribution in [1.29, 1.82) is 0 Å². The SMILES string of the molecule is [CH2]CCOc1cnc(-c2nn(Cc3c(F)cc(OCC)cc3F)c3ccccc23)nc1Nc1ccnc(NC(C)=O)c1. The van der Waals surface area contributed by atoms with Gasteiger partial charge >= 0.3 is 0 Å². The van der Waals surface area contributed by atoms with Crippen LogP contribution in [0.15, 0.2) is 60.9 Å². The summed E-state index contributed by atoms with van der Waals surface area (Å²) in [4.78, 5) is 24.8. The first-order valence-electron chi connectivity index (χ1n) is 13.2. The first-order chi connectivity index (χ1) is 20.4. The molecule has 0 atom stereocenters. The molecule has 0 aliphatic carbocycles. The van der Waals surface area contributed by atoms with E-state index >= 15 is 0 Å². The van der Waals surface area contributed by atoms with Gasteiger partial charge in [-0.1, -0.05) is 18.2 Å². The average Bonchev–Trinajstić information content (AvgIpc) is 3.33. The Morgan fingerprint density at radius 1 is 1.07 bits per heavy atom. The minimum atomic E-state index is -0.731. The second-order valence-corrected chi connectivity index (χ2v) is 9.17. The van der Waals surface area contributed by atoms with Crippen LogP contribution in [0, 0.1) is 18.6 Å². The third-order valence-corrected chi connectivity index (χ3v) is 6.09. The van der Waals surface area contributed by atoms with Gasteiger partial charge in [0.15, 0.2) is 17.4 Å². The van der Waals surface area contributed by atoms with Crippen molar-refractivity contribution in [2.24, 2.45) is 0 Å². The van der Waals surface area contributed by atoms with Crippen molar-refractivity contribution >= 4 is 34.1 Å². The Balaban J connectivity index is 1.54. The highest BCUT2D eigenvalue weighted by molar-refractivity contribution is 5.92. The molecule has 215 valence electrons. The number of rotatable bonds is 11. The molecule has 3 heterocycles. The number of nitrogens with zero attached hydrogens (tertiary/aromatic N) is 5. The van der Waals surface area contributed by atoms with Gasteiger partial charge in [-0.3, -0.25) is 9.48 Å². The largest absolute Gasteiger partial charge is 0.494 e. The summed E-state index contributed by atoms with van der Waals surface area (Å²) in [5.41, 5.74) is 1.50. The van der Waals surface area contributed by atoms with E-state index in [1.807, 2.05) is 24.3 Å². The molecule has 0 aliphatic rings. The summed E-state index contributed by atoms with van der Waals surface area (Å²) in [6.07, 6.45) is 3.59. The van der Waals surface area contributed by atoms with Crippen LogP contribution >= 0.6 is 0 Å². The molecule has 1 radical (unpaired) electrons. The number of para-hydroxylation sites is 1. The number of ether oxygens (including phenoxy) is 2. The smallest absolute Gasteiger partial charge is 0.222 e. The monoisotopic (exact) mass is 572 g/mol. The molecule has 0 bridgehead atoms. The van der Waals surface area contributed by atoms with Gasteiger partial charge in [0.05, 0.1) is 31.5 Å². The number of aromatic nitrogens is 5. The van der Waals surface area contributed by atoms with E-state index in [-0.39, 0.29) is 29.6 Å². The third kappa shape index (κ3) is 6.27. The summed E-state index contributed by atoms with van der Waals surface area (Å²) in [7, 11) is 0. The molecule has 0 saturated carbocycles. The maximum absolute atomic E-state index is 14.9. The van der Waals surface area contributed by atoms with Crippen molar-refractivity contribution < 1.29 is 23.0 Å². The van der Waals surface area contributed by atoms with Gasteiger partial charge in [0, 0.05) is 48.0 Å². The maximum atomic E-state index is 14.9. The second kappa shape index (κ2) is 12.6. The number of amides is 1. The van der Waals surface area contributed by atoms with Gasteiger partial charge in [-0.25, -0.2) is 23.7 Å². The molecule has 0 aliphatic heterocycles. The molecule has 1 amide bonds. The summed E-state index contributed by atoms with van der Waals surface area (Å²) in [6, 6.07) is 13.0. The number of carbonyl (C=O) groups is 1. The predicted molar refractivity (Wildman–Crippen MR) is 155 cm³/mol. The van der Waals surface area contributed by atoms with Crippen LogP contribution in [0.2, 0.25) is 0 Å². The van der Waals surface area contributed by atoms with Crippen LogP contribution in [0.1, 0.15) is 25.8 Å². The summed E-state index contributed by atoms with van der Waals surface area (Å²) < 4.78 is 42.4. The van der Waals surface area contributed by atoms with E-state index in [2.05, 4.69) is 32.6 Å². The van der Waals surface area contributed by atoms with E-state index < -0.39 is 11.6 Å². The molecule has 0 fully saturated rings. The zero-order chi connectivity index (χ0) is 29.6. The fourth-order valence-electron chi connectivity index (χ4n) is 4.30. The standard InChI is InChI=1S/C30H28F2N7O3/c1-4-12-42-26-16-34-30(37-29(26)36-19-10-11-33-27(13-19)35-18(3)40)28-21-8-6-7-9-25(21)39(38-28)17-22-23(31)14-20(41-5-2)15-24(22)32/h6-11,13-16H,1,4-5,12,17H2,2-3H3,(H2,33,34,35,36,37,40). The van der Waals surface area contributed by atoms with Crippen LogP contribution in [0.25, 0.3) is 22.4 Å². The van der Waals surface area contributed by atoms with E-state index in [0.717, 1.165) is 12.1 Å². The number of hydrogen-bond donors (Lipinski definition) is 2.